The van der Waals surface area contributed by atoms with Gasteiger partial charge in [-0.25, -0.2) is 9.69 Å². The lowest BCUT2D eigenvalue weighted by atomic mass is 9.83. The molecular weight excluding hydrogens is 418 g/mol. The molecule has 0 aliphatic carbocycles. The molecule has 6 nitrogen and oxygen atoms in total. The van der Waals surface area contributed by atoms with Crippen LogP contribution in [0, 0.1) is 0 Å². The predicted molar refractivity (Wildman–Crippen MR) is 123 cm³/mol. The minimum absolute atomic E-state index is 0.0791. The topological polar surface area (TPSA) is 72.9 Å². The summed E-state index contributed by atoms with van der Waals surface area (Å²) < 4.78 is 10.9. The van der Waals surface area contributed by atoms with E-state index in [1.807, 2.05) is 30.3 Å². The molecule has 1 spiro atoms. The summed E-state index contributed by atoms with van der Waals surface area (Å²) in [5.41, 5.74) is 0.204. The van der Waals surface area contributed by atoms with Gasteiger partial charge in [-0.05, 0) is 41.5 Å². The van der Waals surface area contributed by atoms with Gasteiger partial charge in [-0.2, -0.15) is 0 Å². The molecular formula is C27H19NO5. The number of carbonyl (C=O) groups excluding carboxylic acids is 3. The minimum Gasteiger partial charge on any atom is -0.497 e. The first-order valence-corrected chi connectivity index (χ1v) is 10.4. The summed E-state index contributed by atoms with van der Waals surface area (Å²) in [6, 6.07) is 24.7. The number of anilines is 1. The normalized spacial score (nSPS) is 21.0. The molecule has 33 heavy (non-hydrogen) atoms. The van der Waals surface area contributed by atoms with E-state index in [2.05, 4.69) is 0 Å². The first kappa shape index (κ1) is 20.5. The third-order valence-electron chi connectivity index (χ3n) is 5.74. The molecule has 2 amide bonds. The summed E-state index contributed by atoms with van der Waals surface area (Å²) in [5, 5.41) is 0. The molecule has 2 heterocycles. The van der Waals surface area contributed by atoms with Crippen molar-refractivity contribution in [2.75, 3.05) is 12.0 Å². The molecule has 6 heteroatoms. The average molecular weight is 437 g/mol. The van der Waals surface area contributed by atoms with Crippen molar-refractivity contribution >= 4 is 35.1 Å². The molecule has 2 aliphatic heterocycles. The van der Waals surface area contributed by atoms with Gasteiger partial charge in [0.05, 0.1) is 18.4 Å². The van der Waals surface area contributed by atoms with E-state index in [9.17, 15) is 14.4 Å². The number of para-hydroxylation sites is 1. The Hall–Kier alpha value is -4.45. The number of imide groups is 1. The van der Waals surface area contributed by atoms with E-state index in [-0.39, 0.29) is 5.57 Å². The third-order valence-corrected chi connectivity index (χ3v) is 5.74. The molecule has 1 fully saturated rings. The molecule has 0 aromatic heterocycles. The monoisotopic (exact) mass is 437 g/mol. The number of carbonyl (C=O) groups is 3. The number of benzene rings is 3. The molecule has 5 rings (SSSR count). The van der Waals surface area contributed by atoms with Crippen LogP contribution in [0.4, 0.5) is 5.69 Å². The van der Waals surface area contributed by atoms with Gasteiger partial charge < -0.3 is 9.47 Å². The van der Waals surface area contributed by atoms with E-state index in [1.165, 1.54) is 6.08 Å². The molecule has 162 valence electrons. The van der Waals surface area contributed by atoms with Gasteiger partial charge in [-0.3, -0.25) is 9.59 Å². The molecule has 0 radical (unpaired) electrons. The SMILES string of the molecule is COc1ccc(C2=CC(=O)OC23C(=O)N(c2ccccc2)C(=O)/C3=C/c2ccccc2)cc1. The fourth-order valence-corrected chi connectivity index (χ4v) is 4.20. The number of methoxy groups -OCH3 is 1. The highest BCUT2D eigenvalue weighted by Gasteiger charge is 2.64. The van der Waals surface area contributed by atoms with Crippen LogP contribution >= 0.6 is 0 Å². The zero-order chi connectivity index (χ0) is 23.0. The van der Waals surface area contributed by atoms with Crippen LogP contribution in [0.5, 0.6) is 5.75 Å². The third kappa shape index (κ3) is 3.24. The summed E-state index contributed by atoms with van der Waals surface area (Å²) in [4.78, 5) is 41.2. The second-order valence-corrected chi connectivity index (χ2v) is 7.64. The minimum atomic E-state index is -1.88. The molecule has 3 aromatic rings. The molecule has 3 aromatic carbocycles. The highest BCUT2D eigenvalue weighted by atomic mass is 16.6. The Morgan fingerprint density at radius 2 is 1.48 bits per heavy atom. The maximum Gasteiger partial charge on any atom is 0.332 e. The number of esters is 1. The maximum atomic E-state index is 13.9. The van der Waals surface area contributed by atoms with Crippen molar-refractivity contribution in [1.29, 1.82) is 0 Å². The second-order valence-electron chi connectivity index (χ2n) is 7.64. The second kappa shape index (κ2) is 7.91. The van der Waals surface area contributed by atoms with Crippen LogP contribution in [0.1, 0.15) is 11.1 Å². The molecule has 1 atom stereocenters. The van der Waals surface area contributed by atoms with Gasteiger partial charge in [-0.1, -0.05) is 60.7 Å². The molecule has 1 unspecified atom stereocenters. The van der Waals surface area contributed by atoms with Crippen LogP contribution in [0.15, 0.2) is 96.6 Å². The van der Waals surface area contributed by atoms with E-state index < -0.39 is 23.4 Å². The van der Waals surface area contributed by atoms with E-state index in [0.717, 1.165) is 4.90 Å². The lowest BCUT2D eigenvalue weighted by Gasteiger charge is -2.25. The van der Waals surface area contributed by atoms with Gasteiger partial charge >= 0.3 is 5.97 Å². The lowest BCUT2D eigenvalue weighted by molar-refractivity contribution is -0.149. The van der Waals surface area contributed by atoms with E-state index >= 15 is 0 Å². The standard InChI is InChI=1S/C27H19NO5/c1-32-21-14-12-19(13-15-21)22-17-24(29)33-27(22)23(16-18-8-4-2-5-9-18)25(30)28(26(27)31)20-10-6-3-7-11-20/h2-17H,1H3/b23-16-. The van der Waals surface area contributed by atoms with Crippen molar-refractivity contribution in [3.8, 4) is 5.75 Å². The Morgan fingerprint density at radius 1 is 0.848 bits per heavy atom. The number of nitrogens with zero attached hydrogens (tertiary/aromatic N) is 1. The number of hydrogen-bond donors (Lipinski definition) is 0. The number of ether oxygens (including phenoxy) is 2. The summed E-state index contributed by atoms with van der Waals surface area (Å²) >= 11 is 0. The number of amides is 2. The van der Waals surface area contributed by atoms with Crippen molar-refractivity contribution in [3.05, 3.63) is 108 Å². The Labute approximate surface area is 190 Å². The van der Waals surface area contributed by atoms with Crippen LogP contribution in [0.3, 0.4) is 0 Å². The molecule has 0 N–H and O–H groups in total. The van der Waals surface area contributed by atoms with E-state index in [1.54, 1.807) is 67.8 Å². The zero-order valence-corrected chi connectivity index (χ0v) is 17.7. The highest BCUT2D eigenvalue weighted by molar-refractivity contribution is 6.39. The largest absolute Gasteiger partial charge is 0.497 e. The van der Waals surface area contributed by atoms with Crippen molar-refractivity contribution in [3.63, 3.8) is 0 Å². The molecule has 0 bridgehead atoms. The van der Waals surface area contributed by atoms with Crippen LogP contribution in [0.25, 0.3) is 11.6 Å². The van der Waals surface area contributed by atoms with Gasteiger partial charge in [0.1, 0.15) is 5.75 Å². The summed E-state index contributed by atoms with van der Waals surface area (Å²) in [7, 11) is 1.55. The van der Waals surface area contributed by atoms with Crippen molar-refractivity contribution in [2.45, 2.75) is 5.60 Å². The summed E-state index contributed by atoms with van der Waals surface area (Å²) in [5.74, 6) is -1.23. The van der Waals surface area contributed by atoms with Gasteiger partial charge in [0.15, 0.2) is 0 Å². The molecule has 1 saturated heterocycles. The quantitative estimate of drug-likeness (QED) is 0.350. The Balaban J connectivity index is 1.73. The average Bonchev–Trinajstić information content (AvgIpc) is 3.30. The van der Waals surface area contributed by atoms with Crippen LogP contribution < -0.4 is 9.64 Å². The van der Waals surface area contributed by atoms with Gasteiger partial charge in [0, 0.05) is 11.6 Å². The molecule has 0 saturated carbocycles. The fraction of sp³-hybridized carbons (Fsp3) is 0.0741. The smallest absolute Gasteiger partial charge is 0.332 e. The number of rotatable bonds is 4. The zero-order valence-electron chi connectivity index (χ0n) is 17.7. The van der Waals surface area contributed by atoms with Crippen LogP contribution in [-0.2, 0) is 19.1 Å². The van der Waals surface area contributed by atoms with Gasteiger partial charge in [-0.15, -0.1) is 0 Å². The summed E-state index contributed by atoms with van der Waals surface area (Å²) in [6.45, 7) is 0. The fourth-order valence-electron chi connectivity index (χ4n) is 4.20. The summed E-state index contributed by atoms with van der Waals surface area (Å²) in [6.07, 6.45) is 2.89. The Bertz CT molecular complexity index is 1310. The maximum absolute atomic E-state index is 13.9. The van der Waals surface area contributed by atoms with Gasteiger partial charge in [0.25, 0.3) is 11.8 Å². The Morgan fingerprint density at radius 3 is 2.12 bits per heavy atom. The Kier molecular flexibility index (Phi) is 4.90. The van der Waals surface area contributed by atoms with Crippen molar-refractivity contribution in [2.24, 2.45) is 0 Å². The van der Waals surface area contributed by atoms with Crippen molar-refractivity contribution < 1.29 is 23.9 Å². The van der Waals surface area contributed by atoms with Crippen LogP contribution in [-0.4, -0.2) is 30.5 Å². The van der Waals surface area contributed by atoms with Crippen molar-refractivity contribution in [1.82, 2.24) is 0 Å². The van der Waals surface area contributed by atoms with E-state index in [4.69, 9.17) is 9.47 Å². The number of hydrogen-bond acceptors (Lipinski definition) is 5. The predicted octanol–water partition coefficient (Wildman–Crippen LogP) is 4.03. The molecule has 2 aliphatic rings. The lowest BCUT2D eigenvalue weighted by Crippen LogP contribution is -2.42. The first-order chi connectivity index (χ1) is 16.0. The highest BCUT2D eigenvalue weighted by Crippen LogP contribution is 2.49. The van der Waals surface area contributed by atoms with Gasteiger partial charge in [0.2, 0.25) is 5.60 Å². The van der Waals surface area contributed by atoms with Crippen LogP contribution in [0.2, 0.25) is 0 Å². The first-order valence-electron chi connectivity index (χ1n) is 10.4. The van der Waals surface area contributed by atoms with E-state index in [0.29, 0.717) is 28.1 Å².